The van der Waals surface area contributed by atoms with Crippen LogP contribution in [0.1, 0.15) is 41.8 Å². The summed E-state index contributed by atoms with van der Waals surface area (Å²) in [6.45, 7) is 4.16. The van der Waals surface area contributed by atoms with E-state index in [0.29, 0.717) is 34.1 Å². The normalized spacial score (nSPS) is 15.1. The average molecular weight is 338 g/mol. The minimum atomic E-state index is -0.275. The Kier molecular flexibility index (Phi) is 3.60. The predicted octanol–water partition coefficient (Wildman–Crippen LogP) is 2.22. The van der Waals surface area contributed by atoms with Crippen LogP contribution in [0.5, 0.6) is 0 Å². The number of nitrogens with zero attached hydrogens (tertiary/aromatic N) is 4. The minimum absolute atomic E-state index is 0.0244. The maximum atomic E-state index is 12.6. The van der Waals surface area contributed by atoms with Gasteiger partial charge in [-0.25, -0.2) is 15.0 Å². The molecule has 3 heterocycles. The quantitative estimate of drug-likeness (QED) is 0.734. The standard InChI is InChI=1S/C17H18N6O2/c1-10-21-14(23-17(2)4-5-17)13-11(9-25-16(13)22-10)15(24)20-8-12-18-6-3-7-19-12/h3,6-7,9H,4-5,8H2,1-2H3,(H,20,24)(H,21,22,23). The lowest BCUT2D eigenvalue weighted by molar-refractivity contribution is 0.0950. The SMILES string of the molecule is Cc1nc(NC2(C)CC2)c2c(C(=O)NCc3ncccn3)coc2n1. The van der Waals surface area contributed by atoms with Gasteiger partial charge < -0.3 is 15.1 Å². The van der Waals surface area contributed by atoms with Crippen LogP contribution in [-0.4, -0.2) is 31.4 Å². The third-order valence-corrected chi connectivity index (χ3v) is 4.24. The summed E-state index contributed by atoms with van der Waals surface area (Å²) in [5, 5.41) is 6.82. The number of amides is 1. The smallest absolute Gasteiger partial charge is 0.255 e. The van der Waals surface area contributed by atoms with Gasteiger partial charge in [-0.3, -0.25) is 4.79 Å². The van der Waals surface area contributed by atoms with Crippen LogP contribution in [0.15, 0.2) is 29.1 Å². The summed E-state index contributed by atoms with van der Waals surface area (Å²) in [7, 11) is 0. The molecule has 8 heteroatoms. The van der Waals surface area contributed by atoms with Crippen molar-refractivity contribution in [1.29, 1.82) is 0 Å². The predicted molar refractivity (Wildman–Crippen MR) is 91.0 cm³/mol. The van der Waals surface area contributed by atoms with Crippen LogP contribution in [0.3, 0.4) is 0 Å². The maximum Gasteiger partial charge on any atom is 0.255 e. The lowest BCUT2D eigenvalue weighted by Gasteiger charge is -2.13. The van der Waals surface area contributed by atoms with E-state index in [1.54, 1.807) is 25.4 Å². The number of anilines is 1. The van der Waals surface area contributed by atoms with Crippen molar-refractivity contribution < 1.29 is 9.21 Å². The molecule has 0 spiro atoms. The summed E-state index contributed by atoms with van der Waals surface area (Å²) >= 11 is 0. The fourth-order valence-electron chi connectivity index (χ4n) is 2.58. The maximum absolute atomic E-state index is 12.6. The first-order valence-electron chi connectivity index (χ1n) is 8.12. The van der Waals surface area contributed by atoms with Gasteiger partial charge in [0, 0.05) is 17.9 Å². The van der Waals surface area contributed by atoms with Crippen molar-refractivity contribution in [2.24, 2.45) is 0 Å². The fourth-order valence-corrected chi connectivity index (χ4v) is 2.58. The van der Waals surface area contributed by atoms with Gasteiger partial charge in [0.2, 0.25) is 5.71 Å². The van der Waals surface area contributed by atoms with Crippen molar-refractivity contribution in [1.82, 2.24) is 25.3 Å². The van der Waals surface area contributed by atoms with Gasteiger partial charge in [-0.15, -0.1) is 0 Å². The highest BCUT2D eigenvalue weighted by Gasteiger charge is 2.38. The van der Waals surface area contributed by atoms with Gasteiger partial charge in [0.05, 0.1) is 17.5 Å². The van der Waals surface area contributed by atoms with Crippen molar-refractivity contribution in [2.75, 3.05) is 5.32 Å². The third kappa shape index (κ3) is 3.15. The number of carbonyl (C=O) groups excluding carboxylic acids is 1. The van der Waals surface area contributed by atoms with E-state index in [0.717, 1.165) is 12.8 Å². The van der Waals surface area contributed by atoms with Crippen LogP contribution in [0.4, 0.5) is 5.82 Å². The van der Waals surface area contributed by atoms with Crippen LogP contribution in [0.25, 0.3) is 11.1 Å². The Balaban J connectivity index is 1.63. The van der Waals surface area contributed by atoms with E-state index in [1.807, 2.05) is 0 Å². The molecular weight excluding hydrogens is 320 g/mol. The number of furan rings is 1. The Labute approximate surface area is 144 Å². The molecule has 1 amide bonds. The van der Waals surface area contributed by atoms with Crippen molar-refractivity contribution in [3.63, 3.8) is 0 Å². The van der Waals surface area contributed by atoms with E-state index in [-0.39, 0.29) is 18.0 Å². The molecule has 0 saturated heterocycles. The lowest BCUT2D eigenvalue weighted by atomic mass is 10.2. The van der Waals surface area contributed by atoms with Crippen LogP contribution in [-0.2, 0) is 6.54 Å². The minimum Gasteiger partial charge on any atom is -0.445 e. The summed E-state index contributed by atoms with van der Waals surface area (Å²) in [5.74, 6) is 1.50. The molecule has 2 N–H and O–H groups in total. The lowest BCUT2D eigenvalue weighted by Crippen LogP contribution is -2.24. The number of fused-ring (bicyclic) bond motifs is 1. The third-order valence-electron chi connectivity index (χ3n) is 4.24. The van der Waals surface area contributed by atoms with E-state index in [1.165, 1.54) is 6.26 Å². The first kappa shape index (κ1) is 15.5. The van der Waals surface area contributed by atoms with Crippen molar-refractivity contribution in [3.05, 3.63) is 41.9 Å². The van der Waals surface area contributed by atoms with Crippen molar-refractivity contribution in [3.8, 4) is 0 Å². The molecule has 1 aliphatic carbocycles. The Hall–Kier alpha value is -3.03. The zero-order chi connectivity index (χ0) is 17.4. The molecule has 8 nitrogen and oxygen atoms in total. The van der Waals surface area contributed by atoms with Crippen LogP contribution < -0.4 is 10.6 Å². The van der Waals surface area contributed by atoms with E-state index in [9.17, 15) is 4.79 Å². The topological polar surface area (TPSA) is 106 Å². The molecule has 0 aromatic carbocycles. The van der Waals surface area contributed by atoms with Crippen molar-refractivity contribution in [2.45, 2.75) is 38.8 Å². The van der Waals surface area contributed by atoms with Gasteiger partial charge >= 0.3 is 0 Å². The van der Waals surface area contributed by atoms with Crippen molar-refractivity contribution >= 4 is 22.8 Å². The number of carbonyl (C=O) groups is 1. The van der Waals surface area contributed by atoms with E-state index >= 15 is 0 Å². The Morgan fingerprint density at radius 1 is 1.28 bits per heavy atom. The zero-order valence-corrected chi connectivity index (χ0v) is 14.0. The van der Waals surface area contributed by atoms with E-state index in [2.05, 4.69) is 37.5 Å². The van der Waals surface area contributed by atoms with Gasteiger partial charge in [-0.1, -0.05) is 0 Å². The second-order valence-corrected chi connectivity index (χ2v) is 6.48. The molecule has 3 aromatic heterocycles. The molecule has 4 rings (SSSR count). The molecule has 0 aliphatic heterocycles. The molecule has 128 valence electrons. The Bertz CT molecular complexity index is 933. The largest absolute Gasteiger partial charge is 0.445 e. The van der Waals surface area contributed by atoms with Gasteiger partial charge in [0.15, 0.2) is 0 Å². The van der Waals surface area contributed by atoms with E-state index in [4.69, 9.17) is 4.42 Å². The molecule has 1 saturated carbocycles. The highest BCUT2D eigenvalue weighted by Crippen LogP contribution is 2.39. The van der Waals surface area contributed by atoms with Gasteiger partial charge in [-0.05, 0) is 32.8 Å². The number of hydrogen-bond donors (Lipinski definition) is 2. The Morgan fingerprint density at radius 2 is 2.04 bits per heavy atom. The zero-order valence-electron chi connectivity index (χ0n) is 14.0. The number of hydrogen-bond acceptors (Lipinski definition) is 7. The number of rotatable bonds is 5. The first-order chi connectivity index (χ1) is 12.0. The van der Waals surface area contributed by atoms with Crippen LogP contribution in [0, 0.1) is 6.92 Å². The monoisotopic (exact) mass is 338 g/mol. The highest BCUT2D eigenvalue weighted by atomic mass is 16.3. The summed E-state index contributed by atoms with van der Waals surface area (Å²) in [6, 6.07) is 1.73. The molecular formula is C17H18N6O2. The second kappa shape index (κ2) is 5.80. The average Bonchev–Trinajstić information content (AvgIpc) is 3.16. The molecule has 25 heavy (non-hydrogen) atoms. The van der Waals surface area contributed by atoms with Gasteiger partial charge in [0.1, 0.15) is 23.7 Å². The molecule has 1 aliphatic rings. The summed E-state index contributed by atoms with van der Waals surface area (Å²) in [5.41, 5.74) is 0.828. The Morgan fingerprint density at radius 3 is 2.76 bits per heavy atom. The van der Waals surface area contributed by atoms with E-state index < -0.39 is 0 Å². The molecule has 3 aromatic rings. The molecule has 0 unspecified atom stereocenters. The van der Waals surface area contributed by atoms with Crippen LogP contribution in [0.2, 0.25) is 0 Å². The molecule has 0 atom stereocenters. The second-order valence-electron chi connectivity index (χ2n) is 6.48. The summed E-state index contributed by atoms with van der Waals surface area (Å²) in [4.78, 5) is 29.5. The van der Waals surface area contributed by atoms with Crippen LogP contribution >= 0.6 is 0 Å². The van der Waals surface area contributed by atoms with Gasteiger partial charge in [-0.2, -0.15) is 4.98 Å². The number of nitrogens with one attached hydrogen (secondary N) is 2. The number of aromatic nitrogens is 4. The highest BCUT2D eigenvalue weighted by molar-refractivity contribution is 6.08. The number of aryl methyl sites for hydroxylation is 1. The summed E-state index contributed by atoms with van der Waals surface area (Å²) in [6.07, 6.45) is 6.83. The fraction of sp³-hybridized carbons (Fsp3) is 0.353. The molecule has 1 fully saturated rings. The summed E-state index contributed by atoms with van der Waals surface area (Å²) < 4.78 is 5.50. The molecule has 0 radical (unpaired) electrons. The first-order valence-corrected chi connectivity index (χ1v) is 8.12. The van der Waals surface area contributed by atoms with Gasteiger partial charge in [0.25, 0.3) is 5.91 Å². The molecule has 0 bridgehead atoms.